The molecule has 3 heteroatoms. The van der Waals surface area contributed by atoms with Crippen LogP contribution in [0.15, 0.2) is 0 Å². The first kappa shape index (κ1) is 9.74. The summed E-state index contributed by atoms with van der Waals surface area (Å²) in [4.78, 5) is 0. The predicted octanol–water partition coefficient (Wildman–Crippen LogP) is 1.45. The Morgan fingerprint density at radius 2 is 2.10 bits per heavy atom. The number of nitrogens with two attached hydrogens (primary N) is 1. The maximum atomic E-state index is 8.50. The van der Waals surface area contributed by atoms with Crippen molar-refractivity contribution in [1.29, 1.82) is 5.26 Å². The number of nitrogens with zero attached hydrogens (tertiary/aromatic N) is 1. The van der Waals surface area contributed by atoms with Crippen LogP contribution in [0.5, 0.6) is 0 Å². The second-order valence-corrected chi connectivity index (χ2v) is 2.75. The zero-order chi connectivity index (χ0) is 6.69. The van der Waals surface area contributed by atoms with Gasteiger partial charge in [-0.05, 0) is 19.3 Å². The molecule has 0 radical (unpaired) electrons. The topological polar surface area (TPSA) is 49.8 Å². The molecule has 2 N–H and O–H groups in total. The van der Waals surface area contributed by atoms with Crippen molar-refractivity contribution in [3.63, 3.8) is 0 Å². The van der Waals surface area contributed by atoms with E-state index in [-0.39, 0.29) is 18.3 Å². The van der Waals surface area contributed by atoms with Crippen LogP contribution in [-0.4, -0.2) is 6.04 Å². The number of nitriles is 1. The molecule has 1 fully saturated rings. The summed E-state index contributed by atoms with van der Waals surface area (Å²) >= 11 is 0. The van der Waals surface area contributed by atoms with Crippen molar-refractivity contribution in [2.45, 2.75) is 31.7 Å². The van der Waals surface area contributed by atoms with Gasteiger partial charge in [0.15, 0.2) is 0 Å². The van der Waals surface area contributed by atoms with Gasteiger partial charge in [0.25, 0.3) is 0 Å². The molecule has 0 spiro atoms. The van der Waals surface area contributed by atoms with Crippen molar-refractivity contribution >= 4 is 12.4 Å². The Labute approximate surface area is 67.8 Å². The van der Waals surface area contributed by atoms with E-state index in [2.05, 4.69) is 6.07 Å². The average molecular weight is 161 g/mol. The molecule has 2 atom stereocenters. The quantitative estimate of drug-likeness (QED) is 0.583. The molecule has 1 saturated carbocycles. The molecule has 10 heavy (non-hydrogen) atoms. The molecule has 0 aliphatic heterocycles. The van der Waals surface area contributed by atoms with Crippen molar-refractivity contribution in [1.82, 2.24) is 0 Å². The third-order valence-electron chi connectivity index (χ3n) is 1.90. The molecule has 0 saturated heterocycles. The van der Waals surface area contributed by atoms with Crippen molar-refractivity contribution in [3.8, 4) is 6.07 Å². The van der Waals surface area contributed by atoms with Crippen LogP contribution in [0.4, 0.5) is 0 Å². The van der Waals surface area contributed by atoms with Gasteiger partial charge in [0.05, 0.1) is 6.07 Å². The molecule has 0 aromatic heterocycles. The lowest BCUT2D eigenvalue weighted by Crippen LogP contribution is -2.26. The lowest BCUT2D eigenvalue weighted by molar-refractivity contribution is 0.379. The molecule has 2 unspecified atom stereocenters. The van der Waals surface area contributed by atoms with Crippen molar-refractivity contribution in [3.05, 3.63) is 0 Å². The van der Waals surface area contributed by atoms with E-state index < -0.39 is 0 Å². The van der Waals surface area contributed by atoms with E-state index in [1.54, 1.807) is 0 Å². The summed E-state index contributed by atoms with van der Waals surface area (Å²) in [6, 6.07) is 2.55. The van der Waals surface area contributed by atoms with Gasteiger partial charge in [0, 0.05) is 12.0 Å². The molecule has 0 amide bonds. The molecule has 2 nitrogen and oxygen atoms in total. The summed E-state index contributed by atoms with van der Waals surface area (Å²) < 4.78 is 0. The second kappa shape index (κ2) is 4.54. The highest BCUT2D eigenvalue weighted by molar-refractivity contribution is 5.85. The molecule has 1 aliphatic carbocycles. The van der Waals surface area contributed by atoms with Crippen molar-refractivity contribution in [2.75, 3.05) is 0 Å². The molecule has 0 bridgehead atoms. The molecule has 0 aromatic carbocycles. The molecular weight excluding hydrogens is 148 g/mol. The Kier molecular flexibility index (Phi) is 4.42. The zero-order valence-electron chi connectivity index (χ0n) is 5.92. The minimum atomic E-state index is 0. The highest BCUT2D eigenvalue weighted by Crippen LogP contribution is 2.21. The third kappa shape index (κ3) is 2.55. The maximum absolute atomic E-state index is 8.50. The monoisotopic (exact) mass is 160 g/mol. The van der Waals surface area contributed by atoms with Crippen LogP contribution < -0.4 is 5.73 Å². The van der Waals surface area contributed by atoms with E-state index >= 15 is 0 Å². The predicted molar refractivity (Wildman–Crippen MR) is 42.8 cm³/mol. The molecule has 1 rings (SSSR count). The number of halogens is 1. The van der Waals surface area contributed by atoms with Gasteiger partial charge in [0.2, 0.25) is 0 Å². The first-order valence-electron chi connectivity index (χ1n) is 3.48. The van der Waals surface area contributed by atoms with Crippen molar-refractivity contribution < 1.29 is 0 Å². The summed E-state index contributed by atoms with van der Waals surface area (Å²) in [6.45, 7) is 0. The fourth-order valence-electron chi connectivity index (χ4n) is 1.34. The summed E-state index contributed by atoms with van der Waals surface area (Å²) in [7, 11) is 0. The van der Waals surface area contributed by atoms with Crippen molar-refractivity contribution in [2.24, 2.45) is 11.7 Å². The second-order valence-electron chi connectivity index (χ2n) is 2.75. The molecule has 1 aliphatic rings. The summed E-state index contributed by atoms with van der Waals surface area (Å²) in [5.74, 6) is 0.244. The van der Waals surface area contributed by atoms with Crippen LogP contribution in [0, 0.1) is 17.2 Å². The van der Waals surface area contributed by atoms with Gasteiger partial charge in [-0.25, -0.2) is 0 Å². The molecule has 58 valence electrons. The van der Waals surface area contributed by atoms with Gasteiger partial charge in [-0.3, -0.25) is 0 Å². The fourth-order valence-corrected chi connectivity index (χ4v) is 1.34. The van der Waals surface area contributed by atoms with E-state index in [1.165, 1.54) is 0 Å². The minimum absolute atomic E-state index is 0. The summed E-state index contributed by atoms with van der Waals surface area (Å²) in [6.07, 6.45) is 4.22. The third-order valence-corrected chi connectivity index (χ3v) is 1.90. The van der Waals surface area contributed by atoms with Gasteiger partial charge in [-0.1, -0.05) is 6.42 Å². The van der Waals surface area contributed by atoms with Gasteiger partial charge < -0.3 is 5.73 Å². The van der Waals surface area contributed by atoms with Gasteiger partial charge in [-0.15, -0.1) is 12.4 Å². The standard InChI is InChI=1S/C7H12N2.ClH/c8-5-6-2-1-3-7(9)4-6;/h6-7H,1-4,9H2;1H. The first-order valence-corrected chi connectivity index (χ1v) is 3.48. The van der Waals surface area contributed by atoms with Gasteiger partial charge >= 0.3 is 0 Å². The van der Waals surface area contributed by atoms with Crippen LogP contribution >= 0.6 is 12.4 Å². The van der Waals surface area contributed by atoms with Crippen LogP contribution in [0.1, 0.15) is 25.7 Å². The van der Waals surface area contributed by atoms with E-state index in [0.717, 1.165) is 25.7 Å². The van der Waals surface area contributed by atoms with E-state index in [0.29, 0.717) is 6.04 Å². The number of rotatable bonds is 0. The lowest BCUT2D eigenvalue weighted by Gasteiger charge is -2.20. The SMILES string of the molecule is Cl.N#CC1CCCC(N)C1. The van der Waals surface area contributed by atoms with Gasteiger partial charge in [-0.2, -0.15) is 5.26 Å². The Morgan fingerprint density at radius 3 is 2.50 bits per heavy atom. The lowest BCUT2D eigenvalue weighted by atomic mass is 9.87. The van der Waals surface area contributed by atoms with Crippen LogP contribution in [0.3, 0.4) is 0 Å². The number of hydrogen-bond donors (Lipinski definition) is 1. The summed E-state index contributed by atoms with van der Waals surface area (Å²) in [5.41, 5.74) is 5.65. The summed E-state index contributed by atoms with van der Waals surface area (Å²) in [5, 5.41) is 8.50. The Balaban J connectivity index is 0.000000810. The first-order chi connectivity index (χ1) is 4.33. The van der Waals surface area contributed by atoms with E-state index in [4.69, 9.17) is 11.0 Å². The van der Waals surface area contributed by atoms with Gasteiger partial charge in [0.1, 0.15) is 0 Å². The molecule has 0 heterocycles. The van der Waals surface area contributed by atoms with E-state index in [9.17, 15) is 0 Å². The minimum Gasteiger partial charge on any atom is -0.328 e. The fraction of sp³-hybridized carbons (Fsp3) is 0.857. The normalized spacial score (nSPS) is 32.0. The number of hydrogen-bond acceptors (Lipinski definition) is 2. The molecular formula is C7H13ClN2. The maximum Gasteiger partial charge on any atom is 0.0656 e. The average Bonchev–Trinajstić information content (AvgIpc) is 1.88. The highest BCUT2D eigenvalue weighted by atomic mass is 35.5. The van der Waals surface area contributed by atoms with E-state index in [1.807, 2.05) is 0 Å². The smallest absolute Gasteiger partial charge is 0.0656 e. The Morgan fingerprint density at radius 1 is 1.40 bits per heavy atom. The Bertz CT molecular complexity index is 130. The zero-order valence-corrected chi connectivity index (χ0v) is 6.73. The van der Waals surface area contributed by atoms with Crippen LogP contribution in [0.2, 0.25) is 0 Å². The Hall–Kier alpha value is -0.260. The van der Waals surface area contributed by atoms with Crippen LogP contribution in [-0.2, 0) is 0 Å². The largest absolute Gasteiger partial charge is 0.328 e. The molecule has 0 aromatic rings. The van der Waals surface area contributed by atoms with Crippen LogP contribution in [0.25, 0.3) is 0 Å². The highest BCUT2D eigenvalue weighted by Gasteiger charge is 2.17.